The molecule has 0 radical (unpaired) electrons. The third-order valence-corrected chi connectivity index (χ3v) is 9.92. The lowest BCUT2D eigenvalue weighted by atomic mass is 9.79. The standard InChI is InChI=1S/C16H30NO9P3/c1-12-8-6-7-9-17(12)15-10-16(4,14(3)13(15)2)11-24-28(20,21)26-29(22,23)25-27(5,18)19/h7,9,13-15H,1,6,8,10-11H2,2-5H3,(H,18,19)(H,20,21)(H,22,23). The summed E-state index contributed by atoms with van der Waals surface area (Å²) >= 11 is 0. The van der Waals surface area contributed by atoms with Crippen molar-refractivity contribution in [2.45, 2.75) is 46.1 Å². The molecule has 168 valence electrons. The smallest absolute Gasteiger partial charge is 0.349 e. The van der Waals surface area contributed by atoms with Gasteiger partial charge >= 0.3 is 23.2 Å². The number of phosphoric acid groups is 2. The quantitative estimate of drug-likeness (QED) is 0.438. The fraction of sp³-hybridized carbons (Fsp3) is 0.750. The van der Waals surface area contributed by atoms with E-state index in [1.54, 1.807) is 0 Å². The Kier molecular flexibility index (Phi) is 7.50. The molecule has 7 unspecified atom stereocenters. The van der Waals surface area contributed by atoms with Gasteiger partial charge < -0.3 is 19.6 Å². The van der Waals surface area contributed by atoms with Gasteiger partial charge in [-0.15, -0.1) is 0 Å². The van der Waals surface area contributed by atoms with Crippen LogP contribution in [0.15, 0.2) is 24.6 Å². The van der Waals surface area contributed by atoms with Gasteiger partial charge in [-0.2, -0.15) is 4.31 Å². The zero-order valence-corrected chi connectivity index (χ0v) is 19.7. The van der Waals surface area contributed by atoms with E-state index in [0.29, 0.717) is 13.1 Å². The zero-order chi connectivity index (χ0) is 22.3. The number of nitrogens with zero attached hydrogens (tertiary/aromatic N) is 1. The summed E-state index contributed by atoms with van der Waals surface area (Å²) < 4.78 is 48.0. The van der Waals surface area contributed by atoms with Gasteiger partial charge in [-0.25, -0.2) is 13.4 Å². The Hall–Kier alpha value is -0.270. The zero-order valence-electron chi connectivity index (χ0n) is 17.0. The van der Waals surface area contributed by atoms with Crippen molar-refractivity contribution in [2.24, 2.45) is 17.3 Å². The third kappa shape index (κ3) is 6.60. The van der Waals surface area contributed by atoms with Crippen LogP contribution in [0.5, 0.6) is 0 Å². The van der Waals surface area contributed by atoms with Crippen LogP contribution < -0.4 is 0 Å². The molecule has 2 aliphatic rings. The highest BCUT2D eigenvalue weighted by atomic mass is 31.3. The third-order valence-electron chi connectivity index (χ3n) is 5.78. The second kappa shape index (κ2) is 8.70. The molecular weight excluding hydrogens is 443 g/mol. The van der Waals surface area contributed by atoms with Gasteiger partial charge in [0.15, 0.2) is 0 Å². The monoisotopic (exact) mass is 473 g/mol. The number of hydrogen-bond acceptors (Lipinski definition) is 7. The van der Waals surface area contributed by atoms with Crippen LogP contribution >= 0.6 is 23.2 Å². The van der Waals surface area contributed by atoms with Crippen molar-refractivity contribution in [1.29, 1.82) is 0 Å². The molecule has 0 bridgehead atoms. The molecule has 0 aromatic heterocycles. The minimum absolute atomic E-state index is 0.0982. The second-order valence-corrected chi connectivity index (χ2v) is 13.2. The summed E-state index contributed by atoms with van der Waals surface area (Å²) in [5.74, 6) is 0.329. The van der Waals surface area contributed by atoms with E-state index in [4.69, 9.17) is 9.42 Å². The summed E-state index contributed by atoms with van der Waals surface area (Å²) in [7, 11) is -14.7. The van der Waals surface area contributed by atoms with Gasteiger partial charge in [0.1, 0.15) is 0 Å². The van der Waals surface area contributed by atoms with Crippen molar-refractivity contribution in [3.05, 3.63) is 24.6 Å². The van der Waals surface area contributed by atoms with Crippen molar-refractivity contribution in [3.63, 3.8) is 0 Å². The van der Waals surface area contributed by atoms with Gasteiger partial charge in [-0.1, -0.05) is 33.4 Å². The first-order valence-electron chi connectivity index (χ1n) is 9.21. The van der Waals surface area contributed by atoms with Gasteiger partial charge in [0, 0.05) is 24.6 Å². The van der Waals surface area contributed by atoms with Gasteiger partial charge in [-0.05, 0) is 36.5 Å². The SMILES string of the molecule is C=C1CCC=CN1C1CC(C)(COP(=O)(O)OP(=O)(O)OP(C)(=O)O)C(C)C1C. The summed E-state index contributed by atoms with van der Waals surface area (Å²) in [6.45, 7) is 10.6. The first-order valence-corrected chi connectivity index (χ1v) is 14.2. The largest absolute Gasteiger partial charge is 0.488 e. The van der Waals surface area contributed by atoms with Gasteiger partial charge in [0.05, 0.1) is 6.61 Å². The molecule has 0 spiro atoms. The molecular formula is C16H30NO9P3. The molecule has 0 aromatic rings. The van der Waals surface area contributed by atoms with E-state index in [2.05, 4.69) is 33.1 Å². The lowest BCUT2D eigenvalue weighted by molar-refractivity contribution is 0.0848. The summed E-state index contributed by atoms with van der Waals surface area (Å²) in [5.41, 5.74) is 0.499. The molecule has 29 heavy (non-hydrogen) atoms. The Balaban J connectivity index is 2.06. The van der Waals surface area contributed by atoms with Crippen molar-refractivity contribution in [2.75, 3.05) is 13.3 Å². The molecule has 1 aliphatic carbocycles. The van der Waals surface area contributed by atoms with Crippen LogP contribution in [0.3, 0.4) is 0 Å². The highest BCUT2D eigenvalue weighted by Crippen LogP contribution is 2.67. The molecule has 1 fully saturated rings. The second-order valence-electron chi connectivity index (χ2n) is 8.15. The van der Waals surface area contributed by atoms with Crippen molar-refractivity contribution in [1.82, 2.24) is 4.90 Å². The van der Waals surface area contributed by atoms with Crippen LogP contribution in [0, 0.1) is 17.3 Å². The van der Waals surface area contributed by atoms with Gasteiger partial charge in [0.25, 0.3) is 0 Å². The molecule has 1 saturated carbocycles. The van der Waals surface area contributed by atoms with Gasteiger partial charge in [0.2, 0.25) is 0 Å². The maximum absolute atomic E-state index is 12.1. The number of allylic oxidation sites excluding steroid dienone is 2. The fourth-order valence-corrected chi connectivity index (χ4v) is 7.58. The molecule has 13 heteroatoms. The Bertz CT molecular complexity index is 809. The summed E-state index contributed by atoms with van der Waals surface area (Å²) in [6.07, 6.45) is 6.56. The Morgan fingerprint density at radius 3 is 2.38 bits per heavy atom. The first-order chi connectivity index (χ1) is 13.1. The van der Waals surface area contributed by atoms with Crippen molar-refractivity contribution >= 4 is 23.2 Å². The molecule has 1 heterocycles. The Morgan fingerprint density at radius 2 is 1.83 bits per heavy atom. The molecule has 3 N–H and O–H groups in total. The first kappa shape index (κ1) is 25.0. The number of hydrogen-bond donors (Lipinski definition) is 3. The van der Waals surface area contributed by atoms with Crippen LogP contribution in [-0.2, 0) is 26.8 Å². The van der Waals surface area contributed by atoms with Crippen molar-refractivity contribution in [3.8, 4) is 0 Å². The topological polar surface area (TPSA) is 143 Å². The van der Waals surface area contributed by atoms with E-state index in [1.807, 2.05) is 20.0 Å². The Morgan fingerprint density at radius 1 is 1.21 bits per heavy atom. The number of rotatable bonds is 8. The normalized spacial score (nSPS) is 36.4. The molecule has 2 rings (SSSR count). The minimum Gasteiger partial charge on any atom is -0.349 e. The predicted octanol–water partition coefficient (Wildman–Crippen LogP) is 4.23. The van der Waals surface area contributed by atoms with E-state index in [0.717, 1.165) is 18.5 Å². The van der Waals surface area contributed by atoms with Crippen LogP contribution in [0.4, 0.5) is 0 Å². The lowest BCUT2D eigenvalue weighted by Gasteiger charge is -2.35. The van der Waals surface area contributed by atoms with Crippen LogP contribution in [0.25, 0.3) is 0 Å². The predicted molar refractivity (Wildman–Crippen MR) is 108 cm³/mol. The summed E-state index contributed by atoms with van der Waals surface area (Å²) in [4.78, 5) is 30.4. The molecule has 0 amide bonds. The van der Waals surface area contributed by atoms with E-state index < -0.39 is 28.7 Å². The van der Waals surface area contributed by atoms with E-state index in [9.17, 15) is 23.5 Å². The highest BCUT2D eigenvalue weighted by Gasteiger charge is 2.50. The summed E-state index contributed by atoms with van der Waals surface area (Å²) in [5, 5.41) is 0. The minimum atomic E-state index is -5.27. The van der Waals surface area contributed by atoms with Crippen LogP contribution in [-0.4, -0.2) is 38.9 Å². The fourth-order valence-electron chi connectivity index (χ4n) is 3.97. The van der Waals surface area contributed by atoms with Crippen LogP contribution in [0.1, 0.15) is 40.0 Å². The van der Waals surface area contributed by atoms with E-state index >= 15 is 0 Å². The van der Waals surface area contributed by atoms with Crippen LogP contribution in [0.2, 0.25) is 0 Å². The molecule has 0 saturated heterocycles. The highest BCUT2D eigenvalue weighted by molar-refractivity contribution is 7.68. The Labute approximate surface area is 171 Å². The maximum Gasteiger partial charge on any atom is 0.488 e. The van der Waals surface area contributed by atoms with Gasteiger partial charge in [-0.3, -0.25) is 9.09 Å². The average Bonchev–Trinajstić information content (AvgIpc) is 2.75. The molecule has 1 aliphatic heterocycles. The summed E-state index contributed by atoms with van der Waals surface area (Å²) in [6, 6.07) is 0.134. The molecule has 0 aromatic carbocycles. The lowest BCUT2D eigenvalue weighted by Crippen LogP contribution is -2.34. The van der Waals surface area contributed by atoms with E-state index in [-0.39, 0.29) is 24.5 Å². The average molecular weight is 473 g/mol. The number of phosphoric ester groups is 1. The molecule has 7 atom stereocenters. The van der Waals surface area contributed by atoms with E-state index in [1.165, 1.54) is 0 Å². The maximum atomic E-state index is 12.1. The van der Waals surface area contributed by atoms with Crippen molar-refractivity contribution < 1.29 is 41.5 Å². The molecule has 10 nitrogen and oxygen atoms in total.